The Hall–Kier alpha value is -0.770. The Morgan fingerprint density at radius 1 is 1.47 bits per heavy atom. The van der Waals surface area contributed by atoms with Crippen LogP contribution in [0.2, 0.25) is 5.02 Å². The lowest BCUT2D eigenvalue weighted by Gasteiger charge is -2.13. The number of rotatable bonds is 7. The zero-order valence-corrected chi connectivity index (χ0v) is 11.1. The summed E-state index contributed by atoms with van der Waals surface area (Å²) in [4.78, 5) is 0. The molecule has 0 heterocycles. The van der Waals surface area contributed by atoms with Gasteiger partial charge in [-0.25, -0.2) is 0 Å². The van der Waals surface area contributed by atoms with Gasteiger partial charge in [-0.15, -0.1) is 0 Å². The van der Waals surface area contributed by atoms with Gasteiger partial charge in [0.25, 0.3) is 0 Å². The van der Waals surface area contributed by atoms with Gasteiger partial charge in [0.15, 0.2) is 0 Å². The number of halogens is 1. The molecule has 0 amide bonds. The molecular formula is C13H20ClNO2. The van der Waals surface area contributed by atoms with Crippen LogP contribution < -0.4 is 10.1 Å². The third-order valence-corrected chi connectivity index (χ3v) is 3.11. The molecule has 2 N–H and O–H groups in total. The average Bonchev–Trinajstić information content (AvgIpc) is 2.35. The maximum atomic E-state index is 9.06. The zero-order chi connectivity index (χ0) is 12.7. The summed E-state index contributed by atoms with van der Waals surface area (Å²) in [5.41, 5.74) is 1.11. The van der Waals surface area contributed by atoms with Crippen molar-refractivity contribution >= 4 is 11.6 Å². The van der Waals surface area contributed by atoms with Gasteiger partial charge in [-0.3, -0.25) is 0 Å². The second kappa shape index (κ2) is 7.54. The smallest absolute Gasteiger partial charge is 0.137 e. The van der Waals surface area contributed by atoms with Crippen molar-refractivity contribution in [1.82, 2.24) is 5.32 Å². The quantitative estimate of drug-likeness (QED) is 0.789. The normalized spacial score (nSPS) is 12.5. The minimum atomic E-state index is 0.229. The number of hydrogen-bond donors (Lipinski definition) is 2. The molecule has 0 spiro atoms. The van der Waals surface area contributed by atoms with Crippen molar-refractivity contribution in [3.63, 3.8) is 0 Å². The maximum absolute atomic E-state index is 9.06. The summed E-state index contributed by atoms with van der Waals surface area (Å²) in [5, 5.41) is 13.0. The van der Waals surface area contributed by atoms with Crippen molar-refractivity contribution in [2.24, 2.45) is 5.92 Å². The predicted molar refractivity (Wildman–Crippen MR) is 70.6 cm³/mol. The topological polar surface area (TPSA) is 41.5 Å². The summed E-state index contributed by atoms with van der Waals surface area (Å²) >= 11 is 6.03. The van der Waals surface area contributed by atoms with Gasteiger partial charge >= 0.3 is 0 Å². The van der Waals surface area contributed by atoms with Crippen LogP contribution in [-0.4, -0.2) is 25.4 Å². The summed E-state index contributed by atoms with van der Waals surface area (Å²) in [5.74, 6) is 1.01. The molecule has 0 aromatic heterocycles. The van der Waals surface area contributed by atoms with Crippen molar-refractivity contribution in [2.45, 2.75) is 19.9 Å². The highest BCUT2D eigenvalue weighted by molar-refractivity contribution is 6.32. The van der Waals surface area contributed by atoms with Crippen molar-refractivity contribution in [2.75, 3.05) is 20.3 Å². The molecule has 1 atom stereocenters. The van der Waals surface area contributed by atoms with Gasteiger partial charge in [0, 0.05) is 19.7 Å². The van der Waals surface area contributed by atoms with Gasteiger partial charge in [-0.05, 0) is 30.0 Å². The van der Waals surface area contributed by atoms with Gasteiger partial charge in [0.2, 0.25) is 0 Å². The molecule has 1 unspecified atom stereocenters. The second-order valence-corrected chi connectivity index (χ2v) is 4.46. The predicted octanol–water partition coefficient (Wildman–Crippen LogP) is 2.46. The number of aliphatic hydroxyl groups excluding tert-OH is 1. The van der Waals surface area contributed by atoms with E-state index in [1.54, 1.807) is 7.11 Å². The Morgan fingerprint density at radius 3 is 2.76 bits per heavy atom. The molecule has 0 aliphatic heterocycles. The molecule has 4 heteroatoms. The number of nitrogens with one attached hydrogen (secondary N) is 1. The molecule has 0 bridgehead atoms. The van der Waals surface area contributed by atoms with E-state index in [1.807, 2.05) is 18.2 Å². The van der Waals surface area contributed by atoms with E-state index in [2.05, 4.69) is 12.2 Å². The van der Waals surface area contributed by atoms with E-state index in [1.165, 1.54) is 0 Å². The molecular weight excluding hydrogens is 238 g/mol. The monoisotopic (exact) mass is 257 g/mol. The van der Waals surface area contributed by atoms with E-state index < -0.39 is 0 Å². The molecule has 17 heavy (non-hydrogen) atoms. The summed E-state index contributed by atoms with van der Waals surface area (Å²) < 4.78 is 5.09. The average molecular weight is 258 g/mol. The molecule has 1 aromatic rings. The highest BCUT2D eigenvalue weighted by Crippen LogP contribution is 2.24. The van der Waals surface area contributed by atoms with Crippen molar-refractivity contribution in [3.05, 3.63) is 28.8 Å². The van der Waals surface area contributed by atoms with E-state index in [4.69, 9.17) is 21.4 Å². The molecule has 96 valence electrons. The maximum Gasteiger partial charge on any atom is 0.137 e. The first-order chi connectivity index (χ1) is 8.21. The van der Waals surface area contributed by atoms with Crippen LogP contribution in [0.15, 0.2) is 18.2 Å². The van der Waals surface area contributed by atoms with Crippen LogP contribution in [0.4, 0.5) is 0 Å². The Kier molecular flexibility index (Phi) is 6.34. The van der Waals surface area contributed by atoms with E-state index >= 15 is 0 Å². The molecule has 1 rings (SSSR count). The molecule has 1 aromatic carbocycles. The Balaban J connectivity index is 2.44. The van der Waals surface area contributed by atoms with Gasteiger partial charge in [0.1, 0.15) is 5.75 Å². The first-order valence-corrected chi connectivity index (χ1v) is 6.23. The van der Waals surface area contributed by atoms with E-state index in [0.717, 1.165) is 25.1 Å². The lowest BCUT2D eigenvalue weighted by atomic mass is 10.1. The fourth-order valence-corrected chi connectivity index (χ4v) is 1.86. The van der Waals surface area contributed by atoms with Gasteiger partial charge in [-0.1, -0.05) is 24.6 Å². The van der Waals surface area contributed by atoms with Crippen LogP contribution in [0.5, 0.6) is 5.75 Å². The lowest BCUT2D eigenvalue weighted by Crippen LogP contribution is -2.24. The van der Waals surface area contributed by atoms with Crippen molar-refractivity contribution in [1.29, 1.82) is 0 Å². The van der Waals surface area contributed by atoms with Crippen LogP contribution in [0.3, 0.4) is 0 Å². The van der Waals surface area contributed by atoms with E-state index in [9.17, 15) is 0 Å². The summed E-state index contributed by atoms with van der Waals surface area (Å²) in [6.45, 7) is 3.87. The first kappa shape index (κ1) is 14.3. The minimum Gasteiger partial charge on any atom is -0.495 e. The molecule has 0 saturated heterocycles. The zero-order valence-electron chi connectivity index (χ0n) is 10.4. The summed E-state index contributed by atoms with van der Waals surface area (Å²) in [7, 11) is 1.60. The Morgan fingerprint density at radius 2 is 2.24 bits per heavy atom. The lowest BCUT2D eigenvalue weighted by molar-refractivity contribution is 0.218. The van der Waals surface area contributed by atoms with E-state index in [0.29, 0.717) is 16.7 Å². The molecule has 0 radical (unpaired) electrons. The fraction of sp³-hybridized carbons (Fsp3) is 0.538. The molecule has 3 nitrogen and oxygen atoms in total. The number of benzene rings is 1. The highest BCUT2D eigenvalue weighted by atomic mass is 35.5. The molecule has 0 aliphatic carbocycles. The van der Waals surface area contributed by atoms with E-state index in [-0.39, 0.29) is 6.61 Å². The van der Waals surface area contributed by atoms with Crippen LogP contribution in [0.1, 0.15) is 18.9 Å². The minimum absolute atomic E-state index is 0.229. The first-order valence-electron chi connectivity index (χ1n) is 5.85. The number of aliphatic hydroxyl groups is 1. The number of hydrogen-bond acceptors (Lipinski definition) is 3. The largest absolute Gasteiger partial charge is 0.495 e. The summed E-state index contributed by atoms with van der Waals surface area (Å²) in [6.07, 6.45) is 0.979. The highest BCUT2D eigenvalue weighted by Gasteiger charge is 2.05. The number of ether oxygens (including phenoxy) is 1. The summed E-state index contributed by atoms with van der Waals surface area (Å²) in [6, 6.07) is 5.74. The third kappa shape index (κ3) is 4.54. The standard InChI is InChI=1S/C13H20ClNO2/c1-3-10(9-16)7-15-8-11-4-5-13(17-2)12(14)6-11/h4-6,10,15-16H,3,7-9H2,1-2H3. The van der Waals surface area contributed by atoms with Crippen LogP contribution in [0, 0.1) is 5.92 Å². The van der Waals surface area contributed by atoms with Crippen molar-refractivity contribution < 1.29 is 9.84 Å². The van der Waals surface area contributed by atoms with Crippen molar-refractivity contribution in [3.8, 4) is 5.75 Å². The SMILES string of the molecule is CCC(CO)CNCc1ccc(OC)c(Cl)c1. The number of methoxy groups -OCH3 is 1. The second-order valence-electron chi connectivity index (χ2n) is 4.06. The molecule has 0 aliphatic rings. The van der Waals surface area contributed by atoms with Crippen LogP contribution >= 0.6 is 11.6 Å². The van der Waals surface area contributed by atoms with Crippen LogP contribution in [-0.2, 0) is 6.54 Å². The molecule has 0 saturated carbocycles. The Labute approximate surface area is 108 Å². The van der Waals surface area contributed by atoms with Crippen LogP contribution in [0.25, 0.3) is 0 Å². The fourth-order valence-electron chi connectivity index (χ4n) is 1.58. The van der Waals surface area contributed by atoms with Gasteiger partial charge in [-0.2, -0.15) is 0 Å². The van der Waals surface area contributed by atoms with Gasteiger partial charge < -0.3 is 15.2 Å². The third-order valence-electron chi connectivity index (χ3n) is 2.81. The Bertz CT molecular complexity index is 340. The van der Waals surface area contributed by atoms with Gasteiger partial charge in [0.05, 0.1) is 12.1 Å². The molecule has 0 fully saturated rings.